The van der Waals surface area contributed by atoms with Gasteiger partial charge in [0.1, 0.15) is 17.1 Å². The predicted molar refractivity (Wildman–Crippen MR) is 102 cm³/mol. The Morgan fingerprint density at radius 3 is 2.07 bits per heavy atom. The van der Waals surface area contributed by atoms with Crippen molar-refractivity contribution in [1.29, 1.82) is 0 Å². The summed E-state index contributed by atoms with van der Waals surface area (Å²) in [5, 5.41) is 0. The van der Waals surface area contributed by atoms with Crippen LogP contribution in [0.1, 0.15) is 33.6 Å². The van der Waals surface area contributed by atoms with E-state index in [1.807, 2.05) is 45.0 Å². The van der Waals surface area contributed by atoms with Gasteiger partial charge in [-0.05, 0) is 51.5 Å². The van der Waals surface area contributed by atoms with Crippen molar-refractivity contribution < 1.29 is 23.8 Å². The van der Waals surface area contributed by atoms with Gasteiger partial charge < -0.3 is 24.0 Å². The topological polar surface area (TPSA) is 68.3 Å². The Hall–Kier alpha value is -2.44. The number of carbonyl (C=O) groups excluding carboxylic acids is 2. The van der Waals surface area contributed by atoms with E-state index < -0.39 is 5.60 Å². The van der Waals surface area contributed by atoms with Crippen LogP contribution in [0.25, 0.3) is 0 Å². The van der Waals surface area contributed by atoms with E-state index in [2.05, 4.69) is 0 Å². The lowest BCUT2D eigenvalue weighted by Gasteiger charge is -2.35. The number of rotatable bonds is 6. The Morgan fingerprint density at radius 2 is 1.52 bits per heavy atom. The van der Waals surface area contributed by atoms with Gasteiger partial charge in [-0.2, -0.15) is 0 Å². The van der Waals surface area contributed by atoms with E-state index in [9.17, 15) is 9.59 Å². The number of carbonyl (C=O) groups is 2. The van der Waals surface area contributed by atoms with E-state index in [1.165, 1.54) is 0 Å². The molecule has 27 heavy (non-hydrogen) atoms. The SMILES string of the molecule is COc1ccc(OCCCC(=O)N2CCN(C(=O)OC(C)(C)C)CC2)cc1. The summed E-state index contributed by atoms with van der Waals surface area (Å²) < 4.78 is 16.1. The molecule has 150 valence electrons. The summed E-state index contributed by atoms with van der Waals surface area (Å²) in [5.74, 6) is 1.63. The molecular weight excluding hydrogens is 348 g/mol. The molecule has 1 aromatic carbocycles. The molecule has 1 saturated heterocycles. The quantitative estimate of drug-likeness (QED) is 0.712. The molecule has 1 fully saturated rings. The third kappa shape index (κ3) is 7.00. The highest BCUT2D eigenvalue weighted by molar-refractivity contribution is 5.76. The summed E-state index contributed by atoms with van der Waals surface area (Å²) >= 11 is 0. The van der Waals surface area contributed by atoms with Crippen LogP contribution >= 0.6 is 0 Å². The van der Waals surface area contributed by atoms with Gasteiger partial charge in [0.15, 0.2) is 0 Å². The van der Waals surface area contributed by atoms with Crippen LogP contribution in [0, 0.1) is 0 Å². The van der Waals surface area contributed by atoms with Crippen molar-refractivity contribution in [3.05, 3.63) is 24.3 Å². The van der Waals surface area contributed by atoms with Crippen LogP contribution in [0.2, 0.25) is 0 Å². The van der Waals surface area contributed by atoms with Crippen LogP contribution in [0.15, 0.2) is 24.3 Å². The van der Waals surface area contributed by atoms with Crippen LogP contribution in [0.3, 0.4) is 0 Å². The van der Waals surface area contributed by atoms with Crippen LogP contribution in [0.4, 0.5) is 4.79 Å². The highest BCUT2D eigenvalue weighted by Crippen LogP contribution is 2.17. The van der Waals surface area contributed by atoms with Crippen molar-refractivity contribution in [2.24, 2.45) is 0 Å². The second-order valence-corrected chi connectivity index (χ2v) is 7.48. The van der Waals surface area contributed by atoms with Gasteiger partial charge in [0.2, 0.25) is 5.91 Å². The Kier molecular flexibility index (Phi) is 7.33. The van der Waals surface area contributed by atoms with Crippen LogP contribution in [0.5, 0.6) is 11.5 Å². The Labute approximate surface area is 161 Å². The van der Waals surface area contributed by atoms with E-state index in [0.29, 0.717) is 45.6 Å². The van der Waals surface area contributed by atoms with Gasteiger partial charge >= 0.3 is 6.09 Å². The van der Waals surface area contributed by atoms with E-state index in [1.54, 1.807) is 16.9 Å². The Balaban J connectivity index is 1.65. The maximum Gasteiger partial charge on any atom is 0.410 e. The van der Waals surface area contributed by atoms with Crippen molar-refractivity contribution in [3.63, 3.8) is 0 Å². The van der Waals surface area contributed by atoms with Crippen molar-refractivity contribution in [2.45, 2.75) is 39.2 Å². The first-order chi connectivity index (χ1) is 12.8. The normalized spacial score (nSPS) is 14.7. The standard InChI is InChI=1S/C20H30N2O5/c1-20(2,3)27-19(24)22-13-11-21(12-14-22)18(23)6-5-15-26-17-9-7-16(25-4)8-10-17/h7-10H,5-6,11-15H2,1-4H3. The molecule has 7 heteroatoms. The molecule has 1 aliphatic heterocycles. The molecule has 1 aliphatic rings. The summed E-state index contributed by atoms with van der Waals surface area (Å²) in [6, 6.07) is 7.36. The van der Waals surface area contributed by atoms with E-state index in [4.69, 9.17) is 14.2 Å². The molecule has 0 unspecified atom stereocenters. The molecule has 0 N–H and O–H groups in total. The number of benzene rings is 1. The summed E-state index contributed by atoms with van der Waals surface area (Å²) in [5.41, 5.74) is -0.506. The van der Waals surface area contributed by atoms with Gasteiger partial charge in [0.05, 0.1) is 13.7 Å². The monoisotopic (exact) mass is 378 g/mol. The van der Waals surface area contributed by atoms with Gasteiger partial charge in [-0.3, -0.25) is 4.79 Å². The fourth-order valence-electron chi connectivity index (χ4n) is 2.71. The largest absolute Gasteiger partial charge is 0.497 e. The van der Waals surface area contributed by atoms with Crippen molar-refractivity contribution in [2.75, 3.05) is 39.9 Å². The summed E-state index contributed by atoms with van der Waals surface area (Å²) in [6.45, 7) is 8.10. The van der Waals surface area contributed by atoms with E-state index >= 15 is 0 Å². The minimum absolute atomic E-state index is 0.0946. The lowest BCUT2D eigenvalue weighted by atomic mass is 10.2. The van der Waals surface area contributed by atoms with Crippen LogP contribution < -0.4 is 9.47 Å². The summed E-state index contributed by atoms with van der Waals surface area (Å²) in [7, 11) is 1.62. The van der Waals surface area contributed by atoms with Crippen LogP contribution in [-0.4, -0.2) is 67.3 Å². The predicted octanol–water partition coefficient (Wildman–Crippen LogP) is 2.93. The molecule has 0 saturated carbocycles. The number of methoxy groups -OCH3 is 1. The fourth-order valence-corrected chi connectivity index (χ4v) is 2.71. The molecule has 0 spiro atoms. The first-order valence-corrected chi connectivity index (χ1v) is 9.31. The zero-order chi connectivity index (χ0) is 19.9. The molecule has 0 aliphatic carbocycles. The van der Waals surface area contributed by atoms with E-state index in [-0.39, 0.29) is 12.0 Å². The molecule has 0 radical (unpaired) electrons. The molecule has 7 nitrogen and oxygen atoms in total. The number of amides is 2. The number of ether oxygens (including phenoxy) is 3. The molecule has 2 rings (SSSR count). The lowest BCUT2D eigenvalue weighted by Crippen LogP contribution is -2.51. The molecule has 0 atom stereocenters. The van der Waals surface area contributed by atoms with Crippen molar-refractivity contribution in [3.8, 4) is 11.5 Å². The number of nitrogens with zero attached hydrogens (tertiary/aromatic N) is 2. The van der Waals surface area contributed by atoms with Crippen molar-refractivity contribution in [1.82, 2.24) is 9.80 Å². The summed E-state index contributed by atoms with van der Waals surface area (Å²) in [4.78, 5) is 27.8. The third-order valence-corrected chi connectivity index (χ3v) is 4.15. The Morgan fingerprint density at radius 1 is 0.963 bits per heavy atom. The minimum atomic E-state index is -0.506. The molecule has 1 heterocycles. The highest BCUT2D eigenvalue weighted by Gasteiger charge is 2.27. The third-order valence-electron chi connectivity index (χ3n) is 4.15. The first-order valence-electron chi connectivity index (χ1n) is 9.31. The summed E-state index contributed by atoms with van der Waals surface area (Å²) in [6.07, 6.45) is 0.766. The maximum absolute atomic E-state index is 12.3. The lowest BCUT2D eigenvalue weighted by molar-refractivity contribution is -0.133. The molecule has 0 aromatic heterocycles. The average Bonchev–Trinajstić information content (AvgIpc) is 2.64. The fraction of sp³-hybridized carbons (Fsp3) is 0.600. The van der Waals surface area contributed by atoms with Gasteiger partial charge in [0, 0.05) is 32.6 Å². The molecule has 2 amide bonds. The molecule has 1 aromatic rings. The molecular formula is C20H30N2O5. The highest BCUT2D eigenvalue weighted by atomic mass is 16.6. The zero-order valence-corrected chi connectivity index (χ0v) is 16.7. The zero-order valence-electron chi connectivity index (χ0n) is 16.7. The van der Waals surface area contributed by atoms with Gasteiger partial charge in [-0.25, -0.2) is 4.79 Å². The average molecular weight is 378 g/mol. The first kappa shape index (κ1) is 20.9. The minimum Gasteiger partial charge on any atom is -0.497 e. The second-order valence-electron chi connectivity index (χ2n) is 7.48. The van der Waals surface area contributed by atoms with Gasteiger partial charge in [-0.1, -0.05) is 0 Å². The Bertz CT molecular complexity index is 616. The number of hydrogen-bond donors (Lipinski definition) is 0. The van der Waals surface area contributed by atoms with Gasteiger partial charge in [-0.15, -0.1) is 0 Å². The smallest absolute Gasteiger partial charge is 0.410 e. The van der Waals surface area contributed by atoms with Gasteiger partial charge in [0.25, 0.3) is 0 Å². The maximum atomic E-state index is 12.3. The number of hydrogen-bond acceptors (Lipinski definition) is 5. The number of piperazine rings is 1. The second kappa shape index (κ2) is 9.48. The molecule has 0 bridgehead atoms. The van der Waals surface area contributed by atoms with Crippen LogP contribution in [-0.2, 0) is 9.53 Å². The van der Waals surface area contributed by atoms with Crippen molar-refractivity contribution >= 4 is 12.0 Å². The van der Waals surface area contributed by atoms with E-state index in [0.717, 1.165) is 11.5 Å².